The Bertz CT molecular complexity index is 847. The van der Waals surface area contributed by atoms with Crippen LogP contribution in [0.4, 0.5) is 5.69 Å². The first-order chi connectivity index (χ1) is 13.6. The average Bonchev–Trinajstić information content (AvgIpc) is 2.67. The van der Waals surface area contributed by atoms with Crippen LogP contribution < -0.4 is 10.6 Å². The second-order valence-corrected chi connectivity index (χ2v) is 14.9. The first kappa shape index (κ1) is 22.4. The molecular weight excluding hydrogens is 396 g/mol. The lowest BCUT2D eigenvalue weighted by atomic mass is 9.95. The molecule has 0 radical (unpaired) electrons. The molecule has 0 amide bonds. The Hall–Kier alpha value is -1.33. The molecule has 158 valence electrons. The molecule has 0 spiro atoms. The van der Waals surface area contributed by atoms with Gasteiger partial charge in [0.05, 0.1) is 12.6 Å². The van der Waals surface area contributed by atoms with Crippen LogP contribution in [-0.2, 0) is 17.4 Å². The standard InChI is InChI=1S/C24H35ClN2OSi/c1-24(2,3)29(4,5)28-17-23(20-8-6-10-21(25)15-20)27-13-7-9-19-14-18(16-26)11-12-22(19)27/h6,8,10-12,14-15,23H,7,9,13,16-17,26H2,1-5H3. The maximum atomic E-state index is 6.70. The monoisotopic (exact) mass is 430 g/mol. The maximum Gasteiger partial charge on any atom is 0.192 e. The summed E-state index contributed by atoms with van der Waals surface area (Å²) in [6.07, 6.45) is 2.24. The van der Waals surface area contributed by atoms with E-state index in [4.69, 9.17) is 21.8 Å². The van der Waals surface area contributed by atoms with Gasteiger partial charge in [-0.1, -0.05) is 56.6 Å². The molecule has 0 saturated carbocycles. The van der Waals surface area contributed by atoms with Gasteiger partial charge >= 0.3 is 0 Å². The molecule has 29 heavy (non-hydrogen) atoms. The minimum Gasteiger partial charge on any atom is -0.414 e. The Morgan fingerprint density at radius 3 is 2.59 bits per heavy atom. The highest BCUT2D eigenvalue weighted by atomic mass is 35.5. The van der Waals surface area contributed by atoms with Gasteiger partial charge in [-0.25, -0.2) is 0 Å². The van der Waals surface area contributed by atoms with Crippen molar-refractivity contribution in [2.24, 2.45) is 5.73 Å². The summed E-state index contributed by atoms with van der Waals surface area (Å²) < 4.78 is 6.70. The van der Waals surface area contributed by atoms with Crippen LogP contribution >= 0.6 is 11.6 Å². The molecule has 1 atom stereocenters. The van der Waals surface area contributed by atoms with Crippen molar-refractivity contribution in [2.75, 3.05) is 18.1 Å². The topological polar surface area (TPSA) is 38.5 Å². The largest absolute Gasteiger partial charge is 0.414 e. The third kappa shape index (κ3) is 5.05. The fourth-order valence-electron chi connectivity index (χ4n) is 3.71. The number of hydrogen-bond acceptors (Lipinski definition) is 3. The van der Waals surface area contributed by atoms with Gasteiger partial charge in [0, 0.05) is 23.8 Å². The SMILES string of the molecule is CC(C)(C)[Si](C)(C)OCC(c1cccc(Cl)c1)N1CCCc2cc(CN)ccc21. The van der Waals surface area contributed by atoms with Gasteiger partial charge in [0.15, 0.2) is 8.32 Å². The van der Waals surface area contributed by atoms with E-state index in [0.29, 0.717) is 13.2 Å². The minimum atomic E-state index is -1.86. The quantitative estimate of drug-likeness (QED) is 0.545. The van der Waals surface area contributed by atoms with E-state index >= 15 is 0 Å². The second-order valence-electron chi connectivity index (χ2n) is 9.61. The summed E-state index contributed by atoms with van der Waals surface area (Å²) in [5.41, 5.74) is 11.0. The van der Waals surface area contributed by atoms with Crippen LogP contribution in [0.1, 0.15) is 49.9 Å². The van der Waals surface area contributed by atoms with Crippen molar-refractivity contribution in [2.45, 2.75) is 64.3 Å². The zero-order valence-corrected chi connectivity index (χ0v) is 20.2. The molecule has 2 aromatic carbocycles. The van der Waals surface area contributed by atoms with Crippen LogP contribution in [0.2, 0.25) is 23.2 Å². The number of aryl methyl sites for hydroxylation is 1. The second kappa shape index (κ2) is 8.81. The number of fused-ring (bicyclic) bond motifs is 1. The van der Waals surface area contributed by atoms with Crippen molar-refractivity contribution in [1.29, 1.82) is 0 Å². The molecule has 0 saturated heterocycles. The van der Waals surface area contributed by atoms with Gasteiger partial charge < -0.3 is 15.1 Å². The zero-order valence-electron chi connectivity index (χ0n) is 18.5. The Labute approximate surface area is 182 Å². The molecule has 0 bridgehead atoms. The molecule has 0 fully saturated rings. The van der Waals surface area contributed by atoms with Crippen molar-refractivity contribution in [3.8, 4) is 0 Å². The van der Waals surface area contributed by atoms with Crippen LogP contribution in [0, 0.1) is 0 Å². The molecule has 0 aromatic heterocycles. The first-order valence-electron chi connectivity index (χ1n) is 10.6. The highest BCUT2D eigenvalue weighted by molar-refractivity contribution is 6.74. The molecule has 1 aliphatic rings. The van der Waals surface area contributed by atoms with E-state index in [-0.39, 0.29) is 11.1 Å². The molecule has 3 nitrogen and oxygen atoms in total. The third-order valence-electron chi connectivity index (χ3n) is 6.55. The highest BCUT2D eigenvalue weighted by Crippen LogP contribution is 2.40. The minimum absolute atomic E-state index is 0.144. The summed E-state index contributed by atoms with van der Waals surface area (Å²) in [5, 5.41) is 0.956. The Morgan fingerprint density at radius 1 is 1.17 bits per heavy atom. The van der Waals surface area contributed by atoms with Crippen molar-refractivity contribution in [1.82, 2.24) is 0 Å². The number of benzene rings is 2. The average molecular weight is 431 g/mol. The summed E-state index contributed by atoms with van der Waals surface area (Å²) in [7, 11) is -1.86. The van der Waals surface area contributed by atoms with Gasteiger partial charge in [0.1, 0.15) is 0 Å². The van der Waals surface area contributed by atoms with Crippen molar-refractivity contribution < 1.29 is 4.43 Å². The van der Waals surface area contributed by atoms with Crippen molar-refractivity contribution in [3.63, 3.8) is 0 Å². The van der Waals surface area contributed by atoms with Gasteiger partial charge in [-0.05, 0) is 65.9 Å². The fourth-order valence-corrected chi connectivity index (χ4v) is 4.92. The Balaban J connectivity index is 1.96. The lowest BCUT2D eigenvalue weighted by molar-refractivity contribution is 0.257. The molecule has 2 N–H and O–H groups in total. The maximum absolute atomic E-state index is 6.70. The predicted molar refractivity (Wildman–Crippen MR) is 127 cm³/mol. The molecule has 1 heterocycles. The lowest BCUT2D eigenvalue weighted by Crippen LogP contribution is -2.44. The van der Waals surface area contributed by atoms with Crippen LogP contribution in [0.5, 0.6) is 0 Å². The van der Waals surface area contributed by atoms with E-state index in [1.54, 1.807) is 0 Å². The van der Waals surface area contributed by atoms with Gasteiger partial charge in [-0.2, -0.15) is 0 Å². The van der Waals surface area contributed by atoms with Crippen LogP contribution in [-0.4, -0.2) is 21.5 Å². The van der Waals surface area contributed by atoms with E-state index < -0.39 is 8.32 Å². The van der Waals surface area contributed by atoms with Gasteiger partial charge in [0.25, 0.3) is 0 Å². The highest BCUT2D eigenvalue weighted by Gasteiger charge is 2.38. The van der Waals surface area contributed by atoms with Crippen molar-refractivity contribution >= 4 is 25.6 Å². The lowest BCUT2D eigenvalue weighted by Gasteiger charge is -2.42. The zero-order chi connectivity index (χ0) is 21.2. The normalized spacial score (nSPS) is 15.9. The summed E-state index contributed by atoms with van der Waals surface area (Å²) in [5.74, 6) is 0. The van der Waals surface area contributed by atoms with Crippen LogP contribution in [0.25, 0.3) is 0 Å². The third-order valence-corrected chi connectivity index (χ3v) is 11.3. The van der Waals surface area contributed by atoms with Crippen molar-refractivity contribution in [3.05, 3.63) is 64.2 Å². The molecule has 3 rings (SSSR count). The Morgan fingerprint density at radius 2 is 1.93 bits per heavy atom. The number of hydrogen-bond donors (Lipinski definition) is 1. The van der Waals surface area contributed by atoms with E-state index in [9.17, 15) is 0 Å². The number of nitrogens with zero attached hydrogens (tertiary/aromatic N) is 1. The smallest absolute Gasteiger partial charge is 0.192 e. The fraction of sp³-hybridized carbons (Fsp3) is 0.500. The van der Waals surface area contributed by atoms with Gasteiger partial charge in [0.2, 0.25) is 0 Å². The summed E-state index contributed by atoms with van der Waals surface area (Å²) in [4.78, 5) is 2.51. The number of anilines is 1. The first-order valence-corrected chi connectivity index (χ1v) is 13.9. The number of halogens is 1. The van der Waals surface area contributed by atoms with E-state index in [2.05, 4.69) is 69.1 Å². The van der Waals surface area contributed by atoms with Gasteiger partial charge in [-0.15, -0.1) is 0 Å². The summed E-state index contributed by atoms with van der Waals surface area (Å²) in [6, 6.07) is 15.0. The number of rotatable bonds is 6. The van der Waals surface area contributed by atoms with E-state index in [1.807, 2.05) is 12.1 Å². The van der Waals surface area contributed by atoms with Crippen LogP contribution in [0.3, 0.4) is 0 Å². The number of nitrogens with two attached hydrogens (primary N) is 1. The molecule has 5 heteroatoms. The summed E-state index contributed by atoms with van der Waals surface area (Å²) in [6.45, 7) is 13.8. The molecule has 2 aromatic rings. The van der Waals surface area contributed by atoms with E-state index in [0.717, 1.165) is 24.4 Å². The molecular formula is C24H35ClN2OSi. The Kier molecular flexibility index (Phi) is 6.79. The molecule has 0 aliphatic carbocycles. The summed E-state index contributed by atoms with van der Waals surface area (Å²) >= 11 is 6.37. The predicted octanol–water partition coefficient (Wildman–Crippen LogP) is 6.31. The molecule has 1 aliphatic heterocycles. The van der Waals surface area contributed by atoms with Crippen LogP contribution in [0.15, 0.2) is 42.5 Å². The van der Waals surface area contributed by atoms with E-state index in [1.165, 1.54) is 22.4 Å². The molecule has 1 unspecified atom stereocenters. The van der Waals surface area contributed by atoms with Gasteiger partial charge in [-0.3, -0.25) is 0 Å².